The van der Waals surface area contributed by atoms with Crippen molar-refractivity contribution < 1.29 is 4.74 Å². The molecule has 2 atom stereocenters. The van der Waals surface area contributed by atoms with Crippen LogP contribution in [-0.4, -0.2) is 63.4 Å². The zero-order valence-electron chi connectivity index (χ0n) is 11.5. The van der Waals surface area contributed by atoms with Crippen molar-refractivity contribution in [1.29, 1.82) is 0 Å². The lowest BCUT2D eigenvalue weighted by molar-refractivity contribution is -0.0975. The molecule has 2 unspecified atom stereocenters. The fraction of sp³-hybridized carbons (Fsp3) is 1.00. The SMILES string of the molecule is COC1CC(NCCN2CCNCC2)C1(C)C. The van der Waals surface area contributed by atoms with Crippen molar-refractivity contribution in [2.75, 3.05) is 46.4 Å². The van der Waals surface area contributed by atoms with Crippen LogP contribution in [0.5, 0.6) is 0 Å². The minimum atomic E-state index is 0.290. The van der Waals surface area contributed by atoms with Gasteiger partial charge in [-0.1, -0.05) is 13.8 Å². The summed E-state index contributed by atoms with van der Waals surface area (Å²) in [5.74, 6) is 0. The van der Waals surface area contributed by atoms with Crippen LogP contribution >= 0.6 is 0 Å². The van der Waals surface area contributed by atoms with Gasteiger partial charge < -0.3 is 15.4 Å². The molecule has 0 spiro atoms. The molecule has 1 aliphatic heterocycles. The number of methoxy groups -OCH3 is 1. The number of piperazine rings is 1. The van der Waals surface area contributed by atoms with Gasteiger partial charge in [0, 0.05) is 57.8 Å². The molecule has 1 heterocycles. The molecule has 1 saturated heterocycles. The van der Waals surface area contributed by atoms with E-state index in [0.29, 0.717) is 12.1 Å². The lowest BCUT2D eigenvalue weighted by atomic mass is 9.64. The first-order chi connectivity index (χ1) is 8.14. The molecule has 0 bridgehead atoms. The summed E-state index contributed by atoms with van der Waals surface area (Å²) in [6, 6.07) is 0.621. The molecular formula is C13H27N3O. The van der Waals surface area contributed by atoms with Gasteiger partial charge in [-0.25, -0.2) is 0 Å². The maximum Gasteiger partial charge on any atom is 0.0652 e. The number of hydrogen-bond acceptors (Lipinski definition) is 4. The fourth-order valence-corrected chi connectivity index (χ4v) is 2.96. The largest absolute Gasteiger partial charge is 0.381 e. The van der Waals surface area contributed by atoms with E-state index in [2.05, 4.69) is 29.4 Å². The van der Waals surface area contributed by atoms with Crippen LogP contribution in [0.4, 0.5) is 0 Å². The van der Waals surface area contributed by atoms with Gasteiger partial charge in [0.05, 0.1) is 6.10 Å². The van der Waals surface area contributed by atoms with E-state index in [1.807, 2.05) is 7.11 Å². The second-order valence-electron chi connectivity index (χ2n) is 5.88. The average Bonchev–Trinajstić information content (AvgIpc) is 2.34. The zero-order valence-corrected chi connectivity index (χ0v) is 11.5. The molecule has 2 rings (SSSR count). The van der Waals surface area contributed by atoms with Crippen LogP contribution in [0.1, 0.15) is 20.3 Å². The Morgan fingerprint density at radius 1 is 1.35 bits per heavy atom. The number of nitrogens with zero attached hydrogens (tertiary/aromatic N) is 1. The summed E-state index contributed by atoms with van der Waals surface area (Å²) >= 11 is 0. The Bertz CT molecular complexity index is 239. The normalized spacial score (nSPS) is 33.4. The van der Waals surface area contributed by atoms with Crippen molar-refractivity contribution in [3.63, 3.8) is 0 Å². The third-order valence-corrected chi connectivity index (χ3v) is 4.49. The highest BCUT2D eigenvalue weighted by atomic mass is 16.5. The van der Waals surface area contributed by atoms with Crippen LogP contribution in [0.2, 0.25) is 0 Å². The lowest BCUT2D eigenvalue weighted by Gasteiger charge is -2.51. The van der Waals surface area contributed by atoms with Crippen LogP contribution in [0.15, 0.2) is 0 Å². The summed E-state index contributed by atoms with van der Waals surface area (Å²) in [5, 5.41) is 7.06. The highest BCUT2D eigenvalue weighted by Gasteiger charge is 2.48. The third-order valence-electron chi connectivity index (χ3n) is 4.49. The third kappa shape index (κ3) is 2.99. The summed E-state index contributed by atoms with van der Waals surface area (Å²) in [6.45, 7) is 11.5. The molecule has 17 heavy (non-hydrogen) atoms. The van der Waals surface area contributed by atoms with Gasteiger partial charge in [0.25, 0.3) is 0 Å². The van der Waals surface area contributed by atoms with Crippen molar-refractivity contribution in [3.05, 3.63) is 0 Å². The van der Waals surface area contributed by atoms with E-state index >= 15 is 0 Å². The van der Waals surface area contributed by atoms with Gasteiger partial charge in [0.2, 0.25) is 0 Å². The van der Waals surface area contributed by atoms with E-state index in [0.717, 1.165) is 26.1 Å². The van der Waals surface area contributed by atoms with Gasteiger partial charge in [-0.15, -0.1) is 0 Å². The topological polar surface area (TPSA) is 36.5 Å². The summed E-state index contributed by atoms with van der Waals surface area (Å²) < 4.78 is 5.47. The monoisotopic (exact) mass is 241 g/mol. The molecule has 4 heteroatoms. The number of ether oxygens (including phenoxy) is 1. The summed E-state index contributed by atoms with van der Waals surface area (Å²) in [7, 11) is 1.82. The summed E-state index contributed by atoms with van der Waals surface area (Å²) in [5.41, 5.74) is 0.290. The molecule has 0 aromatic carbocycles. The van der Waals surface area contributed by atoms with Crippen LogP contribution in [-0.2, 0) is 4.74 Å². The standard InChI is InChI=1S/C13H27N3O/c1-13(2)11(10-12(13)17-3)15-6-9-16-7-4-14-5-8-16/h11-12,14-15H,4-10H2,1-3H3. The molecule has 4 nitrogen and oxygen atoms in total. The second-order valence-corrected chi connectivity index (χ2v) is 5.88. The van der Waals surface area contributed by atoms with Crippen LogP contribution in [0, 0.1) is 5.41 Å². The molecule has 1 saturated carbocycles. The average molecular weight is 241 g/mol. The van der Waals surface area contributed by atoms with E-state index in [1.54, 1.807) is 0 Å². The van der Waals surface area contributed by atoms with Crippen LogP contribution in [0.25, 0.3) is 0 Å². The first-order valence-corrected chi connectivity index (χ1v) is 6.84. The molecule has 0 aromatic heterocycles. The van der Waals surface area contributed by atoms with E-state index < -0.39 is 0 Å². The molecule has 2 fully saturated rings. The van der Waals surface area contributed by atoms with Crippen LogP contribution in [0.3, 0.4) is 0 Å². The maximum atomic E-state index is 5.47. The fourth-order valence-electron chi connectivity index (χ4n) is 2.96. The lowest BCUT2D eigenvalue weighted by Crippen LogP contribution is -2.61. The molecule has 2 aliphatic rings. The molecule has 2 N–H and O–H groups in total. The maximum absolute atomic E-state index is 5.47. The Morgan fingerprint density at radius 2 is 2.06 bits per heavy atom. The van der Waals surface area contributed by atoms with Gasteiger partial charge in [-0.3, -0.25) is 4.90 Å². The molecule has 100 valence electrons. The predicted octanol–water partition coefficient (Wildman–Crippen LogP) is 0.295. The van der Waals surface area contributed by atoms with Crippen molar-refractivity contribution in [1.82, 2.24) is 15.5 Å². The van der Waals surface area contributed by atoms with Gasteiger partial charge in [-0.2, -0.15) is 0 Å². The van der Waals surface area contributed by atoms with Gasteiger partial charge in [0.1, 0.15) is 0 Å². The molecule has 0 amide bonds. The van der Waals surface area contributed by atoms with Gasteiger partial charge in [-0.05, 0) is 6.42 Å². The van der Waals surface area contributed by atoms with Crippen molar-refractivity contribution in [2.24, 2.45) is 5.41 Å². The summed E-state index contributed by atoms with van der Waals surface area (Å²) in [6.07, 6.45) is 1.59. The highest BCUT2D eigenvalue weighted by Crippen LogP contribution is 2.42. The number of nitrogens with one attached hydrogen (secondary N) is 2. The van der Waals surface area contributed by atoms with E-state index in [1.165, 1.54) is 19.6 Å². The smallest absolute Gasteiger partial charge is 0.0652 e. The molecule has 0 radical (unpaired) electrons. The Kier molecular flexibility index (Phi) is 4.42. The van der Waals surface area contributed by atoms with Gasteiger partial charge in [0.15, 0.2) is 0 Å². The molecule has 0 aromatic rings. The Balaban J connectivity index is 1.63. The van der Waals surface area contributed by atoms with Crippen molar-refractivity contribution in [3.8, 4) is 0 Å². The van der Waals surface area contributed by atoms with Crippen molar-refractivity contribution >= 4 is 0 Å². The minimum absolute atomic E-state index is 0.290. The van der Waals surface area contributed by atoms with E-state index in [9.17, 15) is 0 Å². The van der Waals surface area contributed by atoms with Gasteiger partial charge >= 0.3 is 0 Å². The first-order valence-electron chi connectivity index (χ1n) is 6.84. The Hall–Kier alpha value is -0.160. The minimum Gasteiger partial charge on any atom is -0.381 e. The summed E-state index contributed by atoms with van der Waals surface area (Å²) in [4.78, 5) is 2.53. The predicted molar refractivity (Wildman–Crippen MR) is 70.3 cm³/mol. The first kappa shape index (κ1) is 13.3. The van der Waals surface area contributed by atoms with E-state index in [4.69, 9.17) is 4.74 Å². The molecule has 1 aliphatic carbocycles. The second kappa shape index (κ2) is 5.65. The van der Waals surface area contributed by atoms with E-state index in [-0.39, 0.29) is 5.41 Å². The highest BCUT2D eigenvalue weighted by molar-refractivity contribution is 5.02. The zero-order chi connectivity index (χ0) is 12.3. The Morgan fingerprint density at radius 3 is 2.65 bits per heavy atom. The van der Waals surface area contributed by atoms with Crippen molar-refractivity contribution in [2.45, 2.75) is 32.4 Å². The molecular weight excluding hydrogens is 214 g/mol. The number of rotatable bonds is 5. The number of hydrogen-bond donors (Lipinski definition) is 2. The van der Waals surface area contributed by atoms with Crippen LogP contribution < -0.4 is 10.6 Å². The Labute approximate surface area is 105 Å². The quantitative estimate of drug-likeness (QED) is 0.726.